The number of nitrogens with one attached hydrogen (secondary N) is 1. The maximum Gasteiger partial charge on any atom is 0.223 e. The Morgan fingerprint density at radius 1 is 1.47 bits per heavy atom. The third kappa shape index (κ3) is 3.95. The molecule has 0 radical (unpaired) electrons. The van der Waals surface area contributed by atoms with Gasteiger partial charge in [-0.1, -0.05) is 30.7 Å². The molecule has 1 aromatic carbocycles. The Hall–Kier alpha value is -1.06. The molecule has 1 heterocycles. The van der Waals surface area contributed by atoms with Crippen LogP contribution in [0.15, 0.2) is 24.3 Å². The summed E-state index contributed by atoms with van der Waals surface area (Å²) < 4.78 is 5.28. The molecule has 0 aliphatic carbocycles. The van der Waals surface area contributed by atoms with E-state index >= 15 is 0 Å². The van der Waals surface area contributed by atoms with E-state index in [9.17, 15) is 4.79 Å². The molecule has 1 unspecified atom stereocenters. The van der Waals surface area contributed by atoms with Crippen LogP contribution in [0, 0.1) is 5.92 Å². The first-order chi connectivity index (χ1) is 9.20. The van der Waals surface area contributed by atoms with Gasteiger partial charge in [-0.05, 0) is 37.0 Å². The van der Waals surface area contributed by atoms with Crippen molar-refractivity contribution in [3.63, 3.8) is 0 Å². The van der Waals surface area contributed by atoms with Gasteiger partial charge in [0.1, 0.15) is 0 Å². The van der Waals surface area contributed by atoms with Gasteiger partial charge in [-0.3, -0.25) is 4.79 Å². The second-order valence-corrected chi connectivity index (χ2v) is 5.35. The molecule has 104 valence electrons. The van der Waals surface area contributed by atoms with Crippen molar-refractivity contribution < 1.29 is 9.53 Å². The maximum atomic E-state index is 12.2. The van der Waals surface area contributed by atoms with Crippen LogP contribution in [0.3, 0.4) is 0 Å². The monoisotopic (exact) mass is 281 g/mol. The number of carbonyl (C=O) groups excluding carboxylic acids is 1. The molecular weight excluding hydrogens is 262 g/mol. The van der Waals surface area contributed by atoms with Crippen LogP contribution in [0.5, 0.6) is 0 Å². The average molecular weight is 282 g/mol. The van der Waals surface area contributed by atoms with Gasteiger partial charge in [-0.15, -0.1) is 0 Å². The van der Waals surface area contributed by atoms with E-state index in [4.69, 9.17) is 16.3 Å². The topological polar surface area (TPSA) is 38.3 Å². The van der Waals surface area contributed by atoms with Gasteiger partial charge in [0.2, 0.25) is 5.91 Å². The highest BCUT2D eigenvalue weighted by Crippen LogP contribution is 2.22. The molecule has 1 fully saturated rings. The van der Waals surface area contributed by atoms with Crippen LogP contribution in [0.4, 0.5) is 0 Å². The van der Waals surface area contributed by atoms with Gasteiger partial charge in [0.25, 0.3) is 0 Å². The van der Waals surface area contributed by atoms with Gasteiger partial charge in [0.15, 0.2) is 0 Å². The molecule has 2 rings (SSSR count). The van der Waals surface area contributed by atoms with Gasteiger partial charge in [-0.2, -0.15) is 0 Å². The summed E-state index contributed by atoms with van der Waals surface area (Å²) in [5.41, 5.74) is 1.07. The molecule has 0 aromatic heterocycles. The zero-order chi connectivity index (χ0) is 13.7. The second-order valence-electron chi connectivity index (χ2n) is 4.91. The van der Waals surface area contributed by atoms with Crippen LogP contribution in [0.25, 0.3) is 0 Å². The lowest BCUT2D eigenvalue weighted by molar-refractivity contribution is -0.128. The quantitative estimate of drug-likeness (QED) is 0.919. The minimum absolute atomic E-state index is 0.0362. The molecule has 0 spiro atoms. The van der Waals surface area contributed by atoms with Gasteiger partial charge < -0.3 is 10.1 Å². The first-order valence-electron chi connectivity index (χ1n) is 6.84. The fourth-order valence-corrected chi connectivity index (χ4v) is 2.59. The van der Waals surface area contributed by atoms with E-state index < -0.39 is 0 Å². The summed E-state index contributed by atoms with van der Waals surface area (Å²) in [7, 11) is 0. The molecule has 1 saturated heterocycles. The largest absolute Gasteiger partial charge is 0.381 e. The minimum atomic E-state index is 0.0362. The highest BCUT2D eigenvalue weighted by atomic mass is 35.5. The highest BCUT2D eigenvalue weighted by molar-refractivity contribution is 6.30. The van der Waals surface area contributed by atoms with E-state index in [-0.39, 0.29) is 17.9 Å². The Bertz CT molecular complexity index is 430. The van der Waals surface area contributed by atoms with Crippen molar-refractivity contribution in [3.8, 4) is 0 Å². The van der Waals surface area contributed by atoms with Gasteiger partial charge in [0.05, 0.1) is 6.04 Å². The molecule has 1 aliphatic rings. The molecule has 1 atom stereocenters. The molecule has 1 N–H and O–H groups in total. The molecular formula is C15H20ClNO2. The summed E-state index contributed by atoms with van der Waals surface area (Å²) in [5, 5.41) is 3.83. The number of rotatable bonds is 4. The lowest BCUT2D eigenvalue weighted by Gasteiger charge is -2.25. The molecule has 1 aromatic rings. The maximum absolute atomic E-state index is 12.2. The lowest BCUT2D eigenvalue weighted by atomic mass is 9.97. The number of amides is 1. The Labute approximate surface area is 119 Å². The Morgan fingerprint density at radius 2 is 2.21 bits per heavy atom. The minimum Gasteiger partial charge on any atom is -0.381 e. The van der Waals surface area contributed by atoms with Crippen LogP contribution in [-0.2, 0) is 9.53 Å². The van der Waals surface area contributed by atoms with E-state index in [1.807, 2.05) is 24.3 Å². The summed E-state index contributed by atoms with van der Waals surface area (Å²) in [6.45, 7) is 3.44. The molecule has 3 nitrogen and oxygen atoms in total. The van der Waals surface area contributed by atoms with Crippen LogP contribution in [0.2, 0.25) is 5.02 Å². The summed E-state index contributed by atoms with van der Waals surface area (Å²) in [6, 6.07) is 7.72. The smallest absolute Gasteiger partial charge is 0.223 e. The van der Waals surface area contributed by atoms with Crippen molar-refractivity contribution in [1.29, 1.82) is 0 Å². The zero-order valence-corrected chi connectivity index (χ0v) is 12.0. The fraction of sp³-hybridized carbons (Fsp3) is 0.533. The average Bonchev–Trinajstić information content (AvgIpc) is 2.45. The Morgan fingerprint density at radius 3 is 2.84 bits per heavy atom. The van der Waals surface area contributed by atoms with Crippen molar-refractivity contribution in [2.75, 3.05) is 13.2 Å². The summed E-state index contributed by atoms with van der Waals surface area (Å²) in [6.07, 6.45) is 2.49. The van der Waals surface area contributed by atoms with Crippen LogP contribution in [-0.4, -0.2) is 19.1 Å². The second kappa shape index (κ2) is 6.92. The highest BCUT2D eigenvalue weighted by Gasteiger charge is 2.23. The van der Waals surface area contributed by atoms with Crippen molar-refractivity contribution in [2.24, 2.45) is 5.92 Å². The summed E-state index contributed by atoms with van der Waals surface area (Å²) in [4.78, 5) is 12.2. The standard InChI is InChI=1S/C15H20ClNO2/c1-2-14(12-4-3-5-13(16)10-12)17-15(18)11-6-8-19-9-7-11/h3-5,10-11,14H,2,6-9H2,1H3,(H,17,18). The Balaban J connectivity index is 2.00. The first-order valence-corrected chi connectivity index (χ1v) is 7.22. The van der Waals surface area contributed by atoms with E-state index in [1.165, 1.54) is 0 Å². The fourth-order valence-electron chi connectivity index (χ4n) is 2.39. The number of halogens is 1. The normalized spacial score (nSPS) is 18.0. The SMILES string of the molecule is CCC(NC(=O)C1CCOCC1)c1cccc(Cl)c1. The van der Waals surface area contributed by atoms with Crippen LogP contribution in [0.1, 0.15) is 37.8 Å². The zero-order valence-electron chi connectivity index (χ0n) is 11.2. The third-order valence-corrected chi connectivity index (χ3v) is 3.80. The van der Waals surface area contributed by atoms with Crippen molar-refractivity contribution in [3.05, 3.63) is 34.9 Å². The van der Waals surface area contributed by atoms with Crippen molar-refractivity contribution in [2.45, 2.75) is 32.2 Å². The van der Waals surface area contributed by atoms with Crippen LogP contribution < -0.4 is 5.32 Å². The molecule has 1 amide bonds. The molecule has 0 saturated carbocycles. The van der Waals surface area contributed by atoms with Crippen LogP contribution >= 0.6 is 11.6 Å². The van der Waals surface area contributed by atoms with Crippen molar-refractivity contribution in [1.82, 2.24) is 5.32 Å². The number of hydrogen-bond donors (Lipinski definition) is 1. The van der Waals surface area contributed by atoms with E-state index in [2.05, 4.69) is 12.2 Å². The number of hydrogen-bond acceptors (Lipinski definition) is 2. The van der Waals surface area contributed by atoms with E-state index in [0.29, 0.717) is 18.2 Å². The first kappa shape index (κ1) is 14.4. The molecule has 19 heavy (non-hydrogen) atoms. The predicted octanol–water partition coefficient (Wildman–Crippen LogP) is 3.33. The van der Waals surface area contributed by atoms with E-state index in [0.717, 1.165) is 24.8 Å². The number of benzene rings is 1. The summed E-state index contributed by atoms with van der Waals surface area (Å²) in [5.74, 6) is 0.220. The van der Waals surface area contributed by atoms with Gasteiger partial charge >= 0.3 is 0 Å². The summed E-state index contributed by atoms with van der Waals surface area (Å²) >= 11 is 6.00. The molecule has 4 heteroatoms. The number of carbonyl (C=O) groups is 1. The predicted molar refractivity (Wildman–Crippen MR) is 76.2 cm³/mol. The molecule has 0 bridgehead atoms. The van der Waals surface area contributed by atoms with Gasteiger partial charge in [-0.25, -0.2) is 0 Å². The lowest BCUT2D eigenvalue weighted by Crippen LogP contribution is -2.36. The van der Waals surface area contributed by atoms with Gasteiger partial charge in [0, 0.05) is 24.2 Å². The third-order valence-electron chi connectivity index (χ3n) is 3.57. The van der Waals surface area contributed by atoms with E-state index in [1.54, 1.807) is 0 Å². The van der Waals surface area contributed by atoms with Crippen molar-refractivity contribution >= 4 is 17.5 Å². The Kier molecular flexibility index (Phi) is 5.23. The molecule has 1 aliphatic heterocycles. The number of ether oxygens (including phenoxy) is 1.